The van der Waals surface area contributed by atoms with Crippen LogP contribution in [0.3, 0.4) is 0 Å². The third-order valence-corrected chi connectivity index (χ3v) is 5.34. The zero-order valence-electron chi connectivity index (χ0n) is 14.8. The number of nitrogens with zero attached hydrogens (tertiary/aromatic N) is 1. The van der Waals surface area contributed by atoms with Crippen LogP contribution < -0.4 is 5.32 Å². The van der Waals surface area contributed by atoms with Crippen LogP contribution in [0.5, 0.6) is 0 Å². The minimum atomic E-state index is -0.216. The van der Waals surface area contributed by atoms with Gasteiger partial charge < -0.3 is 10.3 Å². The van der Waals surface area contributed by atoms with Crippen molar-refractivity contribution in [2.75, 3.05) is 11.9 Å². The second-order valence-electron chi connectivity index (χ2n) is 6.86. The molecular formula is C21H22ClN3O. The third kappa shape index (κ3) is 3.22. The summed E-state index contributed by atoms with van der Waals surface area (Å²) < 4.78 is 0. The lowest BCUT2D eigenvalue weighted by molar-refractivity contribution is 0.102. The van der Waals surface area contributed by atoms with Crippen molar-refractivity contribution in [2.24, 2.45) is 0 Å². The molecule has 1 aromatic heterocycles. The summed E-state index contributed by atoms with van der Waals surface area (Å²) in [6.07, 6.45) is 2.43. The number of fused-ring (bicyclic) bond motifs is 2. The highest BCUT2D eigenvalue weighted by atomic mass is 35.5. The molecule has 2 N–H and O–H groups in total. The van der Waals surface area contributed by atoms with Crippen molar-refractivity contribution in [3.8, 4) is 0 Å². The second kappa shape index (κ2) is 7.14. The summed E-state index contributed by atoms with van der Waals surface area (Å²) in [4.78, 5) is 18.2. The Morgan fingerprint density at radius 1 is 1.19 bits per heavy atom. The molecule has 26 heavy (non-hydrogen) atoms. The largest absolute Gasteiger partial charge is 0.349 e. The Morgan fingerprint density at radius 2 is 2.00 bits per heavy atom. The minimum Gasteiger partial charge on any atom is -0.349 e. The van der Waals surface area contributed by atoms with Gasteiger partial charge in [0.05, 0.1) is 5.02 Å². The van der Waals surface area contributed by atoms with Gasteiger partial charge in [-0.2, -0.15) is 0 Å². The summed E-state index contributed by atoms with van der Waals surface area (Å²) in [6, 6.07) is 13.8. The molecule has 5 heteroatoms. The van der Waals surface area contributed by atoms with Gasteiger partial charge in [0.2, 0.25) is 0 Å². The summed E-state index contributed by atoms with van der Waals surface area (Å²) in [5.74, 6) is -0.216. The molecule has 0 atom stereocenters. The molecule has 3 aromatic rings. The number of hydrogen-bond donors (Lipinski definition) is 2. The molecule has 2 heterocycles. The van der Waals surface area contributed by atoms with Gasteiger partial charge in [0.1, 0.15) is 5.69 Å². The van der Waals surface area contributed by atoms with Crippen LogP contribution in [0.1, 0.15) is 41.4 Å². The van der Waals surface area contributed by atoms with Gasteiger partial charge in [0.15, 0.2) is 0 Å². The average molecular weight is 368 g/mol. The number of nitrogens with one attached hydrogen (secondary N) is 2. The first-order chi connectivity index (χ1) is 12.7. The van der Waals surface area contributed by atoms with Gasteiger partial charge >= 0.3 is 0 Å². The van der Waals surface area contributed by atoms with Crippen molar-refractivity contribution in [2.45, 2.75) is 32.9 Å². The molecule has 2 aromatic carbocycles. The molecule has 0 aliphatic carbocycles. The van der Waals surface area contributed by atoms with Crippen molar-refractivity contribution in [1.82, 2.24) is 9.88 Å². The van der Waals surface area contributed by atoms with E-state index in [2.05, 4.69) is 34.3 Å². The molecule has 0 spiro atoms. The first kappa shape index (κ1) is 17.1. The summed E-state index contributed by atoms with van der Waals surface area (Å²) in [5, 5.41) is 4.30. The quantitative estimate of drug-likeness (QED) is 0.652. The number of anilines is 1. The van der Waals surface area contributed by atoms with Crippen molar-refractivity contribution < 1.29 is 4.79 Å². The first-order valence-corrected chi connectivity index (χ1v) is 9.45. The van der Waals surface area contributed by atoms with E-state index in [0.717, 1.165) is 36.2 Å². The van der Waals surface area contributed by atoms with Gasteiger partial charge in [-0.3, -0.25) is 9.69 Å². The summed E-state index contributed by atoms with van der Waals surface area (Å²) >= 11 is 6.38. The molecule has 4 nitrogen and oxygen atoms in total. The maximum Gasteiger partial charge on any atom is 0.273 e. The number of amides is 1. The second-order valence-corrected chi connectivity index (χ2v) is 7.24. The zero-order chi connectivity index (χ0) is 18.1. The van der Waals surface area contributed by atoms with Crippen LogP contribution in [0, 0.1) is 0 Å². The van der Waals surface area contributed by atoms with Crippen LogP contribution in [0.25, 0.3) is 10.9 Å². The van der Waals surface area contributed by atoms with E-state index in [1.165, 1.54) is 24.0 Å². The maximum atomic E-state index is 12.7. The van der Waals surface area contributed by atoms with Crippen LogP contribution in [0.2, 0.25) is 5.02 Å². The van der Waals surface area contributed by atoms with E-state index in [-0.39, 0.29) is 5.91 Å². The van der Waals surface area contributed by atoms with Crippen LogP contribution >= 0.6 is 11.6 Å². The summed E-state index contributed by atoms with van der Waals surface area (Å²) in [5.41, 5.74) is 4.71. The number of para-hydroxylation sites is 1. The van der Waals surface area contributed by atoms with Crippen molar-refractivity contribution in [3.05, 3.63) is 64.3 Å². The maximum absolute atomic E-state index is 12.7. The van der Waals surface area contributed by atoms with Crippen molar-refractivity contribution in [1.29, 1.82) is 0 Å². The van der Waals surface area contributed by atoms with Gasteiger partial charge in [-0.05, 0) is 42.3 Å². The monoisotopic (exact) mass is 367 g/mol. The van der Waals surface area contributed by atoms with Gasteiger partial charge in [-0.25, -0.2) is 0 Å². The molecule has 0 saturated heterocycles. The highest BCUT2D eigenvalue weighted by Crippen LogP contribution is 2.29. The van der Waals surface area contributed by atoms with Crippen molar-refractivity contribution in [3.63, 3.8) is 0 Å². The van der Waals surface area contributed by atoms with Crippen LogP contribution in [0.4, 0.5) is 5.69 Å². The number of halogens is 1. The topological polar surface area (TPSA) is 48.1 Å². The molecule has 0 saturated carbocycles. The van der Waals surface area contributed by atoms with Crippen molar-refractivity contribution >= 4 is 34.1 Å². The lowest BCUT2D eigenvalue weighted by Crippen LogP contribution is -2.17. The number of aromatic nitrogens is 1. The predicted octanol–water partition coefficient (Wildman–Crippen LogP) is 5.19. The Balaban J connectivity index is 1.51. The molecule has 0 bridgehead atoms. The third-order valence-electron chi connectivity index (χ3n) is 4.95. The fourth-order valence-electron chi connectivity index (χ4n) is 3.54. The van der Waals surface area contributed by atoms with Gasteiger partial charge in [-0.15, -0.1) is 0 Å². The lowest BCUT2D eigenvalue weighted by atomic mass is 10.1. The van der Waals surface area contributed by atoms with E-state index in [0.29, 0.717) is 10.7 Å². The smallest absolute Gasteiger partial charge is 0.273 e. The Hall–Kier alpha value is -2.30. The molecule has 4 rings (SSSR count). The SMILES string of the molecule is CCCCN1Cc2ccc(NC(=O)c3[nH]c4ccccc4c3Cl)cc2C1. The molecule has 0 fully saturated rings. The molecule has 0 unspecified atom stereocenters. The Bertz CT molecular complexity index is 963. The molecule has 0 radical (unpaired) electrons. The minimum absolute atomic E-state index is 0.216. The number of H-pyrrole nitrogens is 1. The average Bonchev–Trinajstić information content (AvgIpc) is 3.20. The van der Waals surface area contributed by atoms with E-state index in [1.807, 2.05) is 30.3 Å². The zero-order valence-corrected chi connectivity index (χ0v) is 15.6. The van der Waals surface area contributed by atoms with Crippen LogP contribution in [-0.2, 0) is 13.1 Å². The van der Waals surface area contributed by atoms with E-state index < -0.39 is 0 Å². The number of rotatable bonds is 5. The van der Waals surface area contributed by atoms with Gasteiger partial charge in [0.25, 0.3) is 5.91 Å². The molecular weight excluding hydrogens is 346 g/mol. The Kier molecular flexibility index (Phi) is 4.70. The highest BCUT2D eigenvalue weighted by molar-refractivity contribution is 6.39. The number of carbonyl (C=O) groups is 1. The fourth-order valence-corrected chi connectivity index (χ4v) is 3.84. The number of benzene rings is 2. The predicted molar refractivity (Wildman–Crippen MR) is 107 cm³/mol. The van der Waals surface area contributed by atoms with Gasteiger partial charge in [0, 0.05) is 29.7 Å². The van der Waals surface area contributed by atoms with E-state index in [9.17, 15) is 4.79 Å². The molecule has 134 valence electrons. The lowest BCUT2D eigenvalue weighted by Gasteiger charge is -2.13. The Labute approximate surface area is 158 Å². The number of unbranched alkanes of at least 4 members (excludes halogenated alkanes) is 1. The van der Waals surface area contributed by atoms with Crippen LogP contribution in [-0.4, -0.2) is 22.3 Å². The van der Waals surface area contributed by atoms with Gasteiger partial charge in [-0.1, -0.05) is 49.2 Å². The number of carbonyl (C=O) groups excluding carboxylic acids is 1. The van der Waals surface area contributed by atoms with E-state index in [1.54, 1.807) is 0 Å². The first-order valence-electron chi connectivity index (χ1n) is 9.07. The standard InChI is InChI=1S/C21H22ClN3O/c1-2-3-10-25-12-14-8-9-16(11-15(14)13-25)23-21(26)20-19(22)17-6-4-5-7-18(17)24-20/h4-9,11,24H,2-3,10,12-13H2,1H3,(H,23,26). The normalized spacial score (nSPS) is 13.9. The molecule has 1 aliphatic heterocycles. The van der Waals surface area contributed by atoms with Crippen LogP contribution in [0.15, 0.2) is 42.5 Å². The molecule has 1 amide bonds. The summed E-state index contributed by atoms with van der Waals surface area (Å²) in [6.45, 7) is 5.28. The highest BCUT2D eigenvalue weighted by Gasteiger charge is 2.20. The number of hydrogen-bond acceptors (Lipinski definition) is 2. The van der Waals surface area contributed by atoms with E-state index >= 15 is 0 Å². The Morgan fingerprint density at radius 3 is 2.81 bits per heavy atom. The summed E-state index contributed by atoms with van der Waals surface area (Å²) in [7, 11) is 0. The number of aromatic amines is 1. The fraction of sp³-hybridized carbons (Fsp3) is 0.286. The van der Waals surface area contributed by atoms with E-state index in [4.69, 9.17) is 11.6 Å². The molecule has 1 aliphatic rings.